The van der Waals surface area contributed by atoms with Gasteiger partial charge in [-0.25, -0.2) is 4.39 Å². The highest BCUT2D eigenvalue weighted by Gasteiger charge is 2.21. The van der Waals surface area contributed by atoms with Gasteiger partial charge in [-0.2, -0.15) is 0 Å². The molecule has 0 aliphatic rings. The molecule has 20 heavy (non-hydrogen) atoms. The van der Waals surface area contributed by atoms with E-state index in [2.05, 4.69) is 21.2 Å². The van der Waals surface area contributed by atoms with Crippen LogP contribution in [0.1, 0.15) is 22.7 Å². The van der Waals surface area contributed by atoms with Gasteiger partial charge < -0.3 is 10.1 Å². The zero-order chi connectivity index (χ0) is 14.7. The number of halogens is 2. The number of rotatable bonds is 4. The highest BCUT2D eigenvalue weighted by Crippen LogP contribution is 2.33. The summed E-state index contributed by atoms with van der Waals surface area (Å²) in [5, 5.41) is 3.17. The number of ether oxygens (including phenoxy) is 1. The Morgan fingerprint density at radius 2 is 1.80 bits per heavy atom. The molecular weight excluding hydrogens is 321 g/mol. The van der Waals surface area contributed by atoms with E-state index in [9.17, 15) is 4.39 Å². The van der Waals surface area contributed by atoms with Crippen molar-refractivity contribution in [2.75, 3.05) is 14.2 Å². The zero-order valence-electron chi connectivity index (χ0n) is 11.7. The van der Waals surface area contributed by atoms with Crippen LogP contribution < -0.4 is 10.1 Å². The Bertz CT molecular complexity index is 615. The average Bonchev–Trinajstić information content (AvgIpc) is 2.46. The van der Waals surface area contributed by atoms with Crippen molar-refractivity contribution in [1.82, 2.24) is 5.32 Å². The Morgan fingerprint density at radius 3 is 2.45 bits per heavy atom. The number of hydrogen-bond donors (Lipinski definition) is 1. The maximum atomic E-state index is 14.4. The molecule has 1 unspecified atom stereocenters. The van der Waals surface area contributed by atoms with Gasteiger partial charge in [0.25, 0.3) is 0 Å². The fraction of sp³-hybridized carbons (Fsp3) is 0.250. The van der Waals surface area contributed by atoms with Crippen LogP contribution in [0, 0.1) is 12.7 Å². The third-order valence-corrected chi connectivity index (χ3v) is 4.43. The quantitative estimate of drug-likeness (QED) is 0.902. The summed E-state index contributed by atoms with van der Waals surface area (Å²) < 4.78 is 20.5. The minimum Gasteiger partial charge on any atom is -0.494 e. The van der Waals surface area contributed by atoms with E-state index in [-0.39, 0.29) is 17.6 Å². The summed E-state index contributed by atoms with van der Waals surface area (Å²) in [7, 11) is 3.29. The predicted molar refractivity (Wildman–Crippen MR) is 82.7 cm³/mol. The number of benzene rings is 2. The Hall–Kier alpha value is -1.39. The Balaban J connectivity index is 2.56. The summed E-state index contributed by atoms with van der Waals surface area (Å²) in [5.74, 6) is -0.0747. The first-order chi connectivity index (χ1) is 9.60. The van der Waals surface area contributed by atoms with Crippen LogP contribution >= 0.6 is 15.9 Å². The van der Waals surface area contributed by atoms with E-state index in [4.69, 9.17) is 4.74 Å². The van der Waals surface area contributed by atoms with Crippen molar-refractivity contribution in [3.63, 3.8) is 0 Å². The van der Waals surface area contributed by atoms with Gasteiger partial charge in [0.05, 0.1) is 13.2 Å². The van der Waals surface area contributed by atoms with E-state index < -0.39 is 0 Å². The smallest absolute Gasteiger partial charge is 0.170 e. The van der Waals surface area contributed by atoms with E-state index >= 15 is 0 Å². The van der Waals surface area contributed by atoms with Gasteiger partial charge in [0.1, 0.15) is 0 Å². The summed E-state index contributed by atoms with van der Waals surface area (Å²) in [6.45, 7) is 2.02. The molecule has 1 N–H and O–H groups in total. The van der Waals surface area contributed by atoms with E-state index in [1.54, 1.807) is 18.2 Å². The van der Waals surface area contributed by atoms with Crippen molar-refractivity contribution in [1.29, 1.82) is 0 Å². The predicted octanol–water partition coefficient (Wildman–Crippen LogP) is 4.21. The maximum Gasteiger partial charge on any atom is 0.170 e. The van der Waals surface area contributed by atoms with Crippen LogP contribution in [0.25, 0.3) is 0 Å². The van der Waals surface area contributed by atoms with Crippen LogP contribution in [0.5, 0.6) is 5.75 Å². The molecular formula is C16H17BrFNO. The molecule has 0 spiro atoms. The van der Waals surface area contributed by atoms with Crippen LogP contribution in [-0.2, 0) is 0 Å². The molecule has 0 bridgehead atoms. The highest BCUT2D eigenvalue weighted by molar-refractivity contribution is 9.10. The Morgan fingerprint density at radius 1 is 1.15 bits per heavy atom. The van der Waals surface area contributed by atoms with Gasteiger partial charge in [-0.1, -0.05) is 46.3 Å². The first-order valence-corrected chi connectivity index (χ1v) is 7.14. The lowest BCUT2D eigenvalue weighted by Gasteiger charge is -2.21. The molecule has 0 aliphatic heterocycles. The van der Waals surface area contributed by atoms with E-state index in [0.29, 0.717) is 5.56 Å². The highest BCUT2D eigenvalue weighted by atomic mass is 79.9. The van der Waals surface area contributed by atoms with E-state index in [1.165, 1.54) is 7.11 Å². The minimum absolute atomic E-state index is 0.237. The van der Waals surface area contributed by atoms with Gasteiger partial charge in [-0.3, -0.25) is 0 Å². The summed E-state index contributed by atoms with van der Waals surface area (Å²) in [6, 6.07) is 10.9. The lowest BCUT2D eigenvalue weighted by Crippen LogP contribution is -2.20. The number of methoxy groups -OCH3 is 1. The molecule has 4 heteroatoms. The third kappa shape index (κ3) is 2.72. The summed E-state index contributed by atoms with van der Waals surface area (Å²) in [6.07, 6.45) is 0. The number of aryl methyl sites for hydroxylation is 1. The second-order valence-electron chi connectivity index (χ2n) is 4.56. The van der Waals surface area contributed by atoms with Crippen molar-refractivity contribution in [3.8, 4) is 5.75 Å². The molecule has 0 saturated heterocycles. The molecule has 0 radical (unpaired) electrons. The number of hydrogen-bond acceptors (Lipinski definition) is 2. The molecule has 1 atom stereocenters. The largest absolute Gasteiger partial charge is 0.494 e. The molecule has 0 fully saturated rings. The van der Waals surface area contributed by atoms with Crippen LogP contribution in [0.2, 0.25) is 0 Å². The number of nitrogens with one attached hydrogen (secondary N) is 1. The van der Waals surface area contributed by atoms with Gasteiger partial charge in [-0.05, 0) is 31.2 Å². The Labute approximate surface area is 127 Å². The molecule has 0 aliphatic carbocycles. The third-order valence-electron chi connectivity index (χ3n) is 3.35. The van der Waals surface area contributed by atoms with Crippen molar-refractivity contribution in [2.24, 2.45) is 0 Å². The fourth-order valence-corrected chi connectivity index (χ4v) is 2.77. The summed E-state index contributed by atoms with van der Waals surface area (Å²) in [4.78, 5) is 0. The Kier molecular flexibility index (Phi) is 4.78. The van der Waals surface area contributed by atoms with Crippen LogP contribution in [0.15, 0.2) is 40.9 Å². The van der Waals surface area contributed by atoms with Gasteiger partial charge in [0.15, 0.2) is 11.6 Å². The minimum atomic E-state index is -0.331. The molecule has 0 heterocycles. The molecule has 2 rings (SSSR count). The van der Waals surface area contributed by atoms with Gasteiger partial charge >= 0.3 is 0 Å². The molecule has 0 amide bonds. The van der Waals surface area contributed by atoms with Gasteiger partial charge in [-0.15, -0.1) is 0 Å². The first-order valence-electron chi connectivity index (χ1n) is 6.34. The topological polar surface area (TPSA) is 21.3 Å². The second-order valence-corrected chi connectivity index (χ2v) is 5.36. The van der Waals surface area contributed by atoms with E-state index in [0.717, 1.165) is 15.6 Å². The van der Waals surface area contributed by atoms with Gasteiger partial charge in [0, 0.05) is 10.0 Å². The lowest BCUT2D eigenvalue weighted by molar-refractivity contribution is 0.382. The first kappa shape index (κ1) is 15.0. The maximum absolute atomic E-state index is 14.4. The van der Waals surface area contributed by atoms with Gasteiger partial charge in [0.2, 0.25) is 0 Å². The second kappa shape index (κ2) is 6.37. The van der Waals surface area contributed by atoms with Crippen LogP contribution in [0.4, 0.5) is 4.39 Å². The monoisotopic (exact) mass is 337 g/mol. The molecule has 2 nitrogen and oxygen atoms in total. The fourth-order valence-electron chi connectivity index (χ4n) is 2.28. The summed E-state index contributed by atoms with van der Waals surface area (Å²) in [5.41, 5.74) is 2.68. The zero-order valence-corrected chi connectivity index (χ0v) is 13.3. The average molecular weight is 338 g/mol. The molecule has 2 aromatic rings. The molecule has 106 valence electrons. The SMILES string of the molecule is CNC(c1cccc(OC)c1F)c1cccc(C)c1Br. The molecule has 0 saturated carbocycles. The van der Waals surface area contributed by atoms with E-state index in [1.807, 2.05) is 32.2 Å². The standard InChI is InChI=1S/C16H17BrFNO/c1-10-6-4-7-11(14(10)17)16(19-2)12-8-5-9-13(20-3)15(12)18/h4-9,16,19H,1-3H3. The van der Waals surface area contributed by atoms with Crippen molar-refractivity contribution in [2.45, 2.75) is 13.0 Å². The molecule has 0 aromatic heterocycles. The normalized spacial score (nSPS) is 12.2. The van der Waals surface area contributed by atoms with Crippen LogP contribution in [0.3, 0.4) is 0 Å². The summed E-state index contributed by atoms with van der Waals surface area (Å²) >= 11 is 3.59. The lowest BCUT2D eigenvalue weighted by atomic mass is 9.97. The van der Waals surface area contributed by atoms with Crippen molar-refractivity contribution >= 4 is 15.9 Å². The van der Waals surface area contributed by atoms with Crippen molar-refractivity contribution < 1.29 is 9.13 Å². The molecule has 2 aromatic carbocycles. The van der Waals surface area contributed by atoms with Crippen molar-refractivity contribution in [3.05, 3.63) is 63.4 Å². The van der Waals surface area contributed by atoms with Crippen LogP contribution in [-0.4, -0.2) is 14.2 Å².